The third-order valence-electron chi connectivity index (χ3n) is 3.90. The van der Waals surface area contributed by atoms with E-state index in [0.717, 1.165) is 6.07 Å². The first kappa shape index (κ1) is 23.2. The van der Waals surface area contributed by atoms with Gasteiger partial charge in [0, 0.05) is 30.9 Å². The van der Waals surface area contributed by atoms with E-state index in [1.807, 2.05) is 6.79 Å². The summed E-state index contributed by atoms with van der Waals surface area (Å²) in [6.45, 7) is 5.47. The van der Waals surface area contributed by atoms with Crippen molar-refractivity contribution in [1.82, 2.24) is 9.97 Å². The quantitative estimate of drug-likeness (QED) is 0.588. The van der Waals surface area contributed by atoms with E-state index in [1.165, 1.54) is 24.4 Å². The first-order valence-electron chi connectivity index (χ1n) is 8.66. The van der Waals surface area contributed by atoms with E-state index in [9.17, 15) is 13.2 Å². The molecule has 1 aromatic carbocycles. The fourth-order valence-corrected chi connectivity index (χ4v) is 2.52. The zero-order valence-electron chi connectivity index (χ0n) is 16.5. The summed E-state index contributed by atoms with van der Waals surface area (Å²) in [4.78, 5) is 18.2. The Hall–Kier alpha value is -4.08. The van der Waals surface area contributed by atoms with Crippen LogP contribution in [0, 0.1) is 0 Å². The highest BCUT2D eigenvalue weighted by Gasteiger charge is 2.32. The molecule has 3 aromatic rings. The molecule has 0 saturated heterocycles. The zero-order valence-corrected chi connectivity index (χ0v) is 16.5. The minimum Gasteiger partial charge on any atom is -0.439 e. The van der Waals surface area contributed by atoms with Crippen LogP contribution in [-0.2, 0) is 4.79 Å². The summed E-state index contributed by atoms with van der Waals surface area (Å²) in [7, 11) is 1.78. The average molecular weight is 432 g/mol. The number of nitrogen functional groups attached to an aromatic ring is 1. The minimum absolute atomic E-state index is 0.137. The number of ether oxygens (including phenoxy) is 2. The van der Waals surface area contributed by atoms with Crippen LogP contribution in [0.1, 0.15) is 5.56 Å². The molecule has 0 aliphatic rings. The summed E-state index contributed by atoms with van der Waals surface area (Å²) in [6, 6.07) is 10.8. The minimum atomic E-state index is -4.83. The van der Waals surface area contributed by atoms with E-state index in [2.05, 4.69) is 21.3 Å². The van der Waals surface area contributed by atoms with Gasteiger partial charge in [-0.25, -0.2) is 9.97 Å². The second-order valence-corrected chi connectivity index (χ2v) is 5.88. The van der Waals surface area contributed by atoms with Crippen molar-refractivity contribution < 1.29 is 27.4 Å². The summed E-state index contributed by atoms with van der Waals surface area (Å²) in [5.74, 6) is 0.488. The first-order chi connectivity index (χ1) is 14.8. The molecule has 10 heteroatoms. The molecule has 0 amide bonds. The molecule has 31 heavy (non-hydrogen) atoms. The summed E-state index contributed by atoms with van der Waals surface area (Å²) in [6.07, 6.45) is -0.402. The van der Waals surface area contributed by atoms with Crippen molar-refractivity contribution in [3.8, 4) is 17.4 Å². The largest absolute Gasteiger partial charge is 0.573 e. The number of carbonyl (C=O) groups is 1. The number of hydrogen-bond acceptors (Lipinski definition) is 7. The Kier molecular flexibility index (Phi) is 7.56. The van der Waals surface area contributed by atoms with Crippen LogP contribution in [-0.4, -0.2) is 30.2 Å². The van der Waals surface area contributed by atoms with Crippen molar-refractivity contribution in [2.75, 3.05) is 17.7 Å². The number of aromatic nitrogens is 2. The maximum Gasteiger partial charge on any atom is 0.573 e. The predicted molar refractivity (Wildman–Crippen MR) is 111 cm³/mol. The third kappa shape index (κ3) is 6.20. The maximum atomic E-state index is 12.6. The highest BCUT2D eigenvalue weighted by atomic mass is 19.4. The number of carbonyl (C=O) groups excluding carboxylic acids is 1. The maximum absolute atomic E-state index is 12.6. The molecule has 0 saturated carbocycles. The van der Waals surface area contributed by atoms with Gasteiger partial charge in [0.25, 0.3) is 0 Å². The number of nitrogens with two attached hydrogens (primary N) is 1. The summed E-state index contributed by atoms with van der Waals surface area (Å²) in [5, 5.41) is 0. The molecule has 3 rings (SSSR count). The molecule has 0 atom stereocenters. The highest BCUT2D eigenvalue weighted by molar-refractivity contribution is 5.70. The standard InChI is InChI=1S/C20H17F3N4O2.CH2O/c1-3-13-6-8-15(11-17(13)29-20(21,22)23)28-18-9-7-14(12-26-18)27(2)19-16(24)5-4-10-25-19;1-2/h3-12H,1,24H2,2H3;1H2. The van der Waals surface area contributed by atoms with E-state index in [0.29, 0.717) is 17.2 Å². The van der Waals surface area contributed by atoms with Gasteiger partial charge >= 0.3 is 6.36 Å². The van der Waals surface area contributed by atoms with Gasteiger partial charge in [0.15, 0.2) is 5.82 Å². The molecule has 0 aliphatic heterocycles. The molecule has 2 aromatic heterocycles. The molecule has 2 N–H and O–H groups in total. The lowest BCUT2D eigenvalue weighted by atomic mass is 10.2. The van der Waals surface area contributed by atoms with Gasteiger partial charge in [0.05, 0.1) is 17.6 Å². The van der Waals surface area contributed by atoms with Crippen molar-refractivity contribution in [2.45, 2.75) is 6.36 Å². The SMILES string of the molecule is C=Cc1ccc(Oc2ccc(N(C)c3ncccc3N)cn2)cc1OC(F)(F)F.C=O. The van der Waals surface area contributed by atoms with Gasteiger partial charge in [0.2, 0.25) is 5.88 Å². The normalized spacial score (nSPS) is 10.5. The second kappa shape index (κ2) is 10.1. The van der Waals surface area contributed by atoms with Crippen LogP contribution in [0.3, 0.4) is 0 Å². The van der Waals surface area contributed by atoms with Gasteiger partial charge in [-0.2, -0.15) is 0 Å². The second-order valence-electron chi connectivity index (χ2n) is 5.88. The Bertz CT molecular complexity index is 1030. The molecule has 0 aliphatic carbocycles. The van der Waals surface area contributed by atoms with E-state index in [1.54, 1.807) is 42.4 Å². The van der Waals surface area contributed by atoms with Crippen LogP contribution in [0.5, 0.6) is 17.4 Å². The van der Waals surface area contributed by atoms with Gasteiger partial charge in [-0.1, -0.05) is 12.7 Å². The molecule has 2 heterocycles. The number of anilines is 3. The van der Waals surface area contributed by atoms with Crippen molar-refractivity contribution in [3.63, 3.8) is 0 Å². The van der Waals surface area contributed by atoms with Crippen LogP contribution < -0.4 is 20.1 Å². The molecular weight excluding hydrogens is 413 g/mol. The average Bonchev–Trinajstić information content (AvgIpc) is 2.75. The number of nitrogens with zero attached hydrogens (tertiary/aromatic N) is 3. The number of hydrogen-bond donors (Lipinski definition) is 1. The molecular formula is C21H19F3N4O3. The summed E-state index contributed by atoms with van der Waals surface area (Å²) in [5.41, 5.74) is 7.32. The third-order valence-corrected chi connectivity index (χ3v) is 3.90. The van der Waals surface area contributed by atoms with E-state index < -0.39 is 12.1 Å². The van der Waals surface area contributed by atoms with Gasteiger partial charge in [-0.05, 0) is 30.3 Å². The Labute approximate surface area is 176 Å². The fraction of sp³-hybridized carbons (Fsp3) is 0.0952. The van der Waals surface area contributed by atoms with Crippen LogP contribution >= 0.6 is 0 Å². The van der Waals surface area contributed by atoms with Crippen molar-refractivity contribution in [1.29, 1.82) is 0 Å². The Morgan fingerprint density at radius 1 is 1.13 bits per heavy atom. The number of halogens is 3. The topological polar surface area (TPSA) is 90.6 Å². The lowest BCUT2D eigenvalue weighted by Crippen LogP contribution is -2.17. The van der Waals surface area contributed by atoms with Crippen LogP contribution in [0.15, 0.2) is 61.4 Å². The fourth-order valence-electron chi connectivity index (χ4n) is 2.52. The smallest absolute Gasteiger partial charge is 0.439 e. The lowest BCUT2D eigenvalue weighted by molar-refractivity contribution is -0.274. The predicted octanol–water partition coefficient (Wildman–Crippen LogP) is 4.98. The Balaban J connectivity index is 0.00000166. The van der Waals surface area contributed by atoms with Gasteiger partial charge < -0.3 is 24.9 Å². The van der Waals surface area contributed by atoms with Crippen LogP contribution in [0.2, 0.25) is 0 Å². The van der Waals surface area contributed by atoms with Crippen LogP contribution in [0.4, 0.5) is 30.4 Å². The number of rotatable bonds is 6. The van der Waals surface area contributed by atoms with Gasteiger partial charge in [-0.3, -0.25) is 0 Å². The molecule has 0 radical (unpaired) electrons. The zero-order chi connectivity index (χ0) is 23.0. The van der Waals surface area contributed by atoms with Gasteiger partial charge in [-0.15, -0.1) is 13.2 Å². The molecule has 0 fully saturated rings. The highest BCUT2D eigenvalue weighted by Crippen LogP contribution is 2.33. The first-order valence-corrected chi connectivity index (χ1v) is 8.66. The van der Waals surface area contributed by atoms with Crippen molar-refractivity contribution in [3.05, 3.63) is 67.0 Å². The van der Waals surface area contributed by atoms with Gasteiger partial charge in [0.1, 0.15) is 18.3 Å². The molecule has 0 unspecified atom stereocenters. The lowest BCUT2D eigenvalue weighted by Gasteiger charge is -2.19. The monoisotopic (exact) mass is 432 g/mol. The molecule has 7 nitrogen and oxygen atoms in total. The van der Waals surface area contributed by atoms with E-state index in [4.69, 9.17) is 15.3 Å². The van der Waals surface area contributed by atoms with E-state index in [-0.39, 0.29) is 17.2 Å². The number of benzene rings is 1. The Morgan fingerprint density at radius 2 is 1.87 bits per heavy atom. The summed E-state index contributed by atoms with van der Waals surface area (Å²) >= 11 is 0. The molecule has 0 bridgehead atoms. The molecule has 0 spiro atoms. The van der Waals surface area contributed by atoms with Crippen LogP contribution in [0.25, 0.3) is 6.08 Å². The van der Waals surface area contributed by atoms with E-state index >= 15 is 0 Å². The molecule has 162 valence electrons. The number of pyridine rings is 2. The van der Waals surface area contributed by atoms with Crippen molar-refractivity contribution >= 4 is 30.1 Å². The Morgan fingerprint density at radius 3 is 2.45 bits per heavy atom. The van der Waals surface area contributed by atoms with Crippen molar-refractivity contribution in [2.24, 2.45) is 0 Å². The summed E-state index contributed by atoms with van der Waals surface area (Å²) < 4.78 is 47.3. The number of alkyl halides is 3.